The van der Waals surface area contributed by atoms with Crippen molar-refractivity contribution >= 4 is 6.29 Å². The highest BCUT2D eigenvalue weighted by Crippen LogP contribution is 2.17. The lowest BCUT2D eigenvalue weighted by atomic mass is 10.0. The van der Waals surface area contributed by atoms with Crippen LogP contribution >= 0.6 is 0 Å². The van der Waals surface area contributed by atoms with Crippen LogP contribution in [0.1, 0.15) is 11.7 Å². The van der Waals surface area contributed by atoms with Crippen molar-refractivity contribution in [2.24, 2.45) is 0 Å². The molecule has 0 amide bonds. The van der Waals surface area contributed by atoms with E-state index in [1.807, 2.05) is 6.07 Å². The van der Waals surface area contributed by atoms with Crippen molar-refractivity contribution < 1.29 is 9.90 Å². The number of hydrogen-bond acceptors (Lipinski definition) is 2. The molecule has 1 rings (SSSR count). The maximum Gasteiger partial charge on any atom is 0.307 e. The van der Waals surface area contributed by atoms with Crippen LogP contribution in [0.4, 0.5) is 0 Å². The minimum absolute atomic E-state index is 0.463. The minimum atomic E-state index is -1.02. The third kappa shape index (κ3) is 2.14. The Balaban J connectivity index is 2.85. The summed E-state index contributed by atoms with van der Waals surface area (Å²) in [6.45, 7) is 6.67. The number of nitrogens with zero attached hydrogens (tertiary/aromatic N) is 1. The van der Waals surface area contributed by atoms with E-state index in [2.05, 4.69) is 4.85 Å². The molecule has 0 spiro atoms. The Bertz CT molecular complexity index is 315. The molecule has 0 saturated heterocycles. The molecule has 0 radical (unpaired) electrons. The van der Waals surface area contributed by atoms with Crippen molar-refractivity contribution in [2.45, 2.75) is 12.1 Å². The van der Waals surface area contributed by atoms with Gasteiger partial charge in [-0.15, -0.1) is 0 Å². The van der Waals surface area contributed by atoms with Crippen LogP contribution < -0.4 is 0 Å². The SMILES string of the molecule is [C-]#[N+]C(C=O)C(O)c1ccccc1. The molecule has 0 aliphatic heterocycles. The van der Waals surface area contributed by atoms with E-state index in [0.717, 1.165) is 0 Å². The average Bonchev–Trinajstić information content (AvgIpc) is 2.21. The van der Waals surface area contributed by atoms with E-state index in [9.17, 15) is 9.90 Å². The van der Waals surface area contributed by atoms with Gasteiger partial charge in [-0.2, -0.15) is 0 Å². The molecule has 0 heterocycles. The summed E-state index contributed by atoms with van der Waals surface area (Å²) in [5.74, 6) is 0. The van der Waals surface area contributed by atoms with Crippen LogP contribution in [-0.2, 0) is 4.79 Å². The van der Waals surface area contributed by atoms with E-state index in [1.165, 1.54) is 0 Å². The summed E-state index contributed by atoms with van der Waals surface area (Å²) in [6, 6.07) is 7.69. The summed E-state index contributed by atoms with van der Waals surface area (Å²) in [6.07, 6.45) is -0.554. The van der Waals surface area contributed by atoms with Crippen molar-refractivity contribution in [1.29, 1.82) is 0 Å². The molecule has 0 saturated carbocycles. The van der Waals surface area contributed by atoms with Crippen LogP contribution in [0.5, 0.6) is 0 Å². The van der Waals surface area contributed by atoms with Crippen LogP contribution in [-0.4, -0.2) is 17.4 Å². The predicted octanol–water partition coefficient (Wildman–Crippen LogP) is 1.21. The van der Waals surface area contributed by atoms with E-state index in [0.29, 0.717) is 11.8 Å². The van der Waals surface area contributed by atoms with Gasteiger partial charge in [0, 0.05) is 0 Å². The molecule has 1 N–H and O–H groups in total. The second-order valence-corrected chi connectivity index (χ2v) is 2.61. The molecule has 13 heavy (non-hydrogen) atoms. The molecule has 3 heteroatoms. The fourth-order valence-corrected chi connectivity index (χ4v) is 1.02. The van der Waals surface area contributed by atoms with Gasteiger partial charge in [-0.25, -0.2) is 6.57 Å². The van der Waals surface area contributed by atoms with Gasteiger partial charge in [-0.05, 0) is 5.56 Å². The van der Waals surface area contributed by atoms with Crippen molar-refractivity contribution in [2.75, 3.05) is 0 Å². The Hall–Kier alpha value is -1.66. The van der Waals surface area contributed by atoms with E-state index >= 15 is 0 Å². The van der Waals surface area contributed by atoms with Gasteiger partial charge in [0.15, 0.2) is 6.10 Å². The van der Waals surface area contributed by atoms with E-state index < -0.39 is 12.1 Å². The summed E-state index contributed by atoms with van der Waals surface area (Å²) in [7, 11) is 0. The maximum absolute atomic E-state index is 10.4. The normalized spacial score (nSPS) is 14.2. The van der Waals surface area contributed by atoms with Crippen LogP contribution in [0.25, 0.3) is 4.85 Å². The number of aldehydes is 1. The smallest absolute Gasteiger partial charge is 0.307 e. The zero-order chi connectivity index (χ0) is 9.68. The quantitative estimate of drug-likeness (QED) is 0.554. The highest BCUT2D eigenvalue weighted by Gasteiger charge is 2.24. The average molecular weight is 175 g/mol. The highest BCUT2D eigenvalue weighted by atomic mass is 16.3. The lowest BCUT2D eigenvalue weighted by molar-refractivity contribution is -0.110. The molecular formula is C10H9NO2. The Morgan fingerprint density at radius 2 is 2.00 bits per heavy atom. The van der Waals surface area contributed by atoms with Gasteiger partial charge in [0.25, 0.3) is 0 Å². The van der Waals surface area contributed by atoms with Crippen LogP contribution in [0.15, 0.2) is 30.3 Å². The number of benzene rings is 1. The predicted molar refractivity (Wildman–Crippen MR) is 47.9 cm³/mol. The lowest BCUT2D eigenvalue weighted by Crippen LogP contribution is -2.15. The van der Waals surface area contributed by atoms with Crippen molar-refractivity contribution in [1.82, 2.24) is 0 Å². The number of rotatable bonds is 3. The van der Waals surface area contributed by atoms with Gasteiger partial charge in [-0.1, -0.05) is 30.3 Å². The van der Waals surface area contributed by atoms with Gasteiger partial charge < -0.3 is 9.95 Å². The summed E-state index contributed by atoms with van der Waals surface area (Å²) in [4.78, 5) is 13.4. The van der Waals surface area contributed by atoms with Crippen LogP contribution in [0.3, 0.4) is 0 Å². The summed E-state index contributed by atoms with van der Waals surface area (Å²) >= 11 is 0. The van der Waals surface area contributed by atoms with E-state index in [-0.39, 0.29) is 0 Å². The maximum atomic E-state index is 10.4. The summed E-state index contributed by atoms with van der Waals surface area (Å²) in [5, 5.41) is 9.54. The highest BCUT2D eigenvalue weighted by molar-refractivity contribution is 5.62. The standard InChI is InChI=1S/C10H9NO2/c1-11-9(7-12)10(13)8-5-3-2-4-6-8/h2-7,9-10,13H. The number of carbonyl (C=O) groups excluding carboxylic acids is 1. The fourth-order valence-electron chi connectivity index (χ4n) is 1.02. The number of aliphatic hydroxyl groups is 1. The van der Waals surface area contributed by atoms with Gasteiger partial charge >= 0.3 is 6.04 Å². The van der Waals surface area contributed by atoms with Crippen molar-refractivity contribution in [3.63, 3.8) is 0 Å². The molecule has 3 nitrogen and oxygen atoms in total. The second kappa shape index (κ2) is 4.39. The monoisotopic (exact) mass is 175 g/mol. The molecule has 0 aliphatic rings. The Labute approximate surface area is 76.4 Å². The largest absolute Gasteiger partial charge is 0.380 e. The van der Waals surface area contributed by atoms with Gasteiger partial charge in [0.05, 0.1) is 0 Å². The zero-order valence-corrected chi connectivity index (χ0v) is 6.92. The molecular weight excluding hydrogens is 166 g/mol. The lowest BCUT2D eigenvalue weighted by Gasteiger charge is -2.07. The summed E-state index contributed by atoms with van der Waals surface area (Å²) in [5.41, 5.74) is 0.593. The molecule has 66 valence electrons. The van der Waals surface area contributed by atoms with Gasteiger partial charge in [0.2, 0.25) is 6.29 Å². The number of aliphatic hydroxyl groups excluding tert-OH is 1. The van der Waals surface area contributed by atoms with E-state index in [1.54, 1.807) is 24.3 Å². The molecule has 0 bridgehead atoms. The molecule has 1 aromatic carbocycles. The van der Waals surface area contributed by atoms with Gasteiger partial charge in [-0.3, -0.25) is 4.79 Å². The number of carbonyl (C=O) groups is 1. The molecule has 0 aliphatic carbocycles. The van der Waals surface area contributed by atoms with Crippen molar-refractivity contribution in [3.05, 3.63) is 47.3 Å². The molecule has 0 aromatic heterocycles. The molecule has 2 unspecified atom stereocenters. The third-order valence-corrected chi connectivity index (χ3v) is 1.75. The molecule has 0 fully saturated rings. The first-order valence-electron chi connectivity index (χ1n) is 3.84. The zero-order valence-electron chi connectivity index (χ0n) is 6.92. The molecule has 1 aromatic rings. The van der Waals surface area contributed by atoms with Gasteiger partial charge in [0.1, 0.15) is 0 Å². The van der Waals surface area contributed by atoms with Crippen molar-refractivity contribution in [3.8, 4) is 0 Å². The number of hydrogen-bond donors (Lipinski definition) is 1. The van der Waals surface area contributed by atoms with Crippen LogP contribution in [0.2, 0.25) is 0 Å². The first-order valence-corrected chi connectivity index (χ1v) is 3.84. The molecule has 2 atom stereocenters. The fraction of sp³-hybridized carbons (Fsp3) is 0.200. The first kappa shape index (κ1) is 9.43. The minimum Gasteiger partial charge on any atom is -0.380 e. The Kier molecular flexibility index (Phi) is 3.18. The third-order valence-electron chi connectivity index (χ3n) is 1.75. The first-order chi connectivity index (χ1) is 6.29. The second-order valence-electron chi connectivity index (χ2n) is 2.61. The topological polar surface area (TPSA) is 41.7 Å². The van der Waals surface area contributed by atoms with Crippen LogP contribution in [0, 0.1) is 6.57 Å². The van der Waals surface area contributed by atoms with E-state index in [4.69, 9.17) is 6.57 Å². The Morgan fingerprint density at radius 3 is 2.46 bits per heavy atom. The summed E-state index contributed by atoms with van der Waals surface area (Å²) < 4.78 is 0. The Morgan fingerprint density at radius 1 is 1.38 bits per heavy atom.